The molecule has 0 saturated carbocycles. The standard InChI is InChI=1S/C20H32N4O4/c1-14-17(15(2)28-22-14)18(25)23-10-5-16(6-11-23)24-9-4-7-20(13-24,19(21)26)8-12-27-3/h16H,4-13H2,1-3H3,(H2,21,26). The average molecular weight is 393 g/mol. The van der Waals surface area contributed by atoms with E-state index in [0.717, 1.165) is 32.2 Å². The lowest BCUT2D eigenvalue weighted by Crippen LogP contribution is -2.56. The van der Waals surface area contributed by atoms with E-state index >= 15 is 0 Å². The van der Waals surface area contributed by atoms with Crippen LogP contribution in [0.1, 0.15) is 53.9 Å². The molecule has 3 heterocycles. The summed E-state index contributed by atoms with van der Waals surface area (Å²) < 4.78 is 10.4. The summed E-state index contributed by atoms with van der Waals surface area (Å²) in [7, 11) is 1.65. The molecule has 1 aromatic rings. The van der Waals surface area contributed by atoms with E-state index in [1.54, 1.807) is 21.0 Å². The molecule has 1 unspecified atom stereocenters. The number of hydrogen-bond acceptors (Lipinski definition) is 6. The quantitative estimate of drug-likeness (QED) is 0.787. The van der Waals surface area contributed by atoms with Crippen LogP contribution in [0, 0.1) is 19.3 Å². The van der Waals surface area contributed by atoms with E-state index in [-0.39, 0.29) is 11.8 Å². The first-order valence-corrected chi connectivity index (χ1v) is 10.1. The summed E-state index contributed by atoms with van der Waals surface area (Å²) in [6, 6.07) is 0.371. The van der Waals surface area contributed by atoms with Gasteiger partial charge in [-0.05, 0) is 52.5 Å². The van der Waals surface area contributed by atoms with Gasteiger partial charge in [0.1, 0.15) is 11.3 Å². The summed E-state index contributed by atoms with van der Waals surface area (Å²) in [6.45, 7) is 7.18. The van der Waals surface area contributed by atoms with Gasteiger partial charge in [-0.3, -0.25) is 14.5 Å². The Hall–Kier alpha value is -1.93. The van der Waals surface area contributed by atoms with Crippen LogP contribution in [0.4, 0.5) is 0 Å². The van der Waals surface area contributed by atoms with Crippen molar-refractivity contribution in [1.82, 2.24) is 15.0 Å². The van der Waals surface area contributed by atoms with Crippen molar-refractivity contribution in [2.24, 2.45) is 11.1 Å². The number of hydrogen-bond donors (Lipinski definition) is 1. The maximum atomic E-state index is 12.8. The summed E-state index contributed by atoms with van der Waals surface area (Å²) in [5.41, 5.74) is 6.52. The molecule has 2 saturated heterocycles. The number of aryl methyl sites for hydroxylation is 2. The molecule has 8 heteroatoms. The van der Waals surface area contributed by atoms with Crippen molar-refractivity contribution in [3.63, 3.8) is 0 Å². The average Bonchev–Trinajstić information content (AvgIpc) is 3.04. The van der Waals surface area contributed by atoms with Gasteiger partial charge in [-0.25, -0.2) is 0 Å². The normalized spacial score (nSPS) is 24.5. The highest BCUT2D eigenvalue weighted by atomic mass is 16.5. The van der Waals surface area contributed by atoms with Gasteiger partial charge in [0.2, 0.25) is 5.91 Å². The number of aromatic nitrogens is 1. The number of nitrogens with zero attached hydrogens (tertiary/aromatic N) is 3. The second-order valence-corrected chi connectivity index (χ2v) is 8.18. The number of primary amides is 1. The zero-order valence-corrected chi connectivity index (χ0v) is 17.2. The van der Waals surface area contributed by atoms with Gasteiger partial charge in [-0.1, -0.05) is 5.16 Å². The smallest absolute Gasteiger partial charge is 0.259 e. The number of carbonyl (C=O) groups excluding carboxylic acids is 2. The molecule has 156 valence electrons. The highest BCUT2D eigenvalue weighted by Crippen LogP contribution is 2.35. The molecule has 1 atom stereocenters. The molecule has 0 radical (unpaired) electrons. The van der Waals surface area contributed by atoms with E-state index in [9.17, 15) is 9.59 Å². The van der Waals surface area contributed by atoms with Crippen molar-refractivity contribution in [2.75, 3.05) is 39.9 Å². The van der Waals surface area contributed by atoms with Gasteiger partial charge >= 0.3 is 0 Å². The molecule has 1 aromatic heterocycles. The Kier molecular flexibility index (Phi) is 6.40. The number of piperidine rings is 2. The molecule has 2 fully saturated rings. The van der Waals surface area contributed by atoms with Crippen LogP contribution in [0.3, 0.4) is 0 Å². The number of nitrogens with two attached hydrogens (primary N) is 1. The number of methoxy groups -OCH3 is 1. The van der Waals surface area contributed by atoms with Crippen LogP contribution < -0.4 is 5.73 Å². The molecule has 28 heavy (non-hydrogen) atoms. The highest BCUT2D eigenvalue weighted by molar-refractivity contribution is 5.96. The first-order valence-electron chi connectivity index (χ1n) is 10.1. The van der Waals surface area contributed by atoms with Crippen molar-refractivity contribution in [1.29, 1.82) is 0 Å². The zero-order valence-electron chi connectivity index (χ0n) is 17.2. The van der Waals surface area contributed by atoms with Crippen molar-refractivity contribution in [3.8, 4) is 0 Å². The van der Waals surface area contributed by atoms with Crippen LogP contribution in [0.15, 0.2) is 4.52 Å². The maximum Gasteiger partial charge on any atom is 0.259 e. The largest absolute Gasteiger partial charge is 0.385 e. The zero-order chi connectivity index (χ0) is 20.3. The van der Waals surface area contributed by atoms with Crippen LogP contribution in [-0.2, 0) is 9.53 Å². The molecule has 0 aliphatic carbocycles. The van der Waals surface area contributed by atoms with Crippen LogP contribution >= 0.6 is 0 Å². The Morgan fingerprint density at radius 2 is 2.00 bits per heavy atom. The molecule has 2 amide bonds. The molecule has 2 N–H and O–H groups in total. The van der Waals surface area contributed by atoms with E-state index in [4.69, 9.17) is 15.0 Å². The number of likely N-dealkylation sites (tertiary alicyclic amines) is 2. The van der Waals surface area contributed by atoms with Crippen molar-refractivity contribution in [3.05, 3.63) is 17.0 Å². The first-order chi connectivity index (χ1) is 13.4. The van der Waals surface area contributed by atoms with Crippen molar-refractivity contribution < 1.29 is 18.8 Å². The minimum absolute atomic E-state index is 0.0000727. The van der Waals surface area contributed by atoms with Crippen LogP contribution in [0.5, 0.6) is 0 Å². The van der Waals surface area contributed by atoms with Gasteiger partial charge in [0.05, 0.1) is 11.1 Å². The fourth-order valence-electron chi connectivity index (χ4n) is 4.69. The summed E-state index contributed by atoms with van der Waals surface area (Å²) in [5, 5.41) is 3.89. The summed E-state index contributed by atoms with van der Waals surface area (Å²) in [6.07, 6.45) is 4.25. The van der Waals surface area contributed by atoms with Crippen LogP contribution in [0.2, 0.25) is 0 Å². The Labute approximate surface area is 166 Å². The fraction of sp³-hybridized carbons (Fsp3) is 0.750. The number of rotatable bonds is 6. The molecule has 3 rings (SSSR count). The number of carbonyl (C=O) groups is 2. The molecular formula is C20H32N4O4. The minimum Gasteiger partial charge on any atom is -0.385 e. The molecule has 0 bridgehead atoms. The third kappa shape index (κ3) is 4.07. The Balaban J connectivity index is 1.61. The van der Waals surface area contributed by atoms with Gasteiger partial charge in [0.25, 0.3) is 5.91 Å². The Morgan fingerprint density at radius 1 is 1.29 bits per heavy atom. The predicted octanol–water partition coefficient (Wildman–Crippen LogP) is 1.50. The van der Waals surface area contributed by atoms with Gasteiger partial charge in [0.15, 0.2) is 0 Å². The van der Waals surface area contributed by atoms with Crippen LogP contribution in [-0.4, -0.2) is 72.7 Å². The minimum atomic E-state index is -0.502. The highest BCUT2D eigenvalue weighted by Gasteiger charge is 2.42. The number of amides is 2. The monoisotopic (exact) mass is 392 g/mol. The third-order valence-electron chi connectivity index (χ3n) is 6.43. The first kappa shape index (κ1) is 20.8. The van der Waals surface area contributed by atoms with Gasteiger partial charge in [-0.15, -0.1) is 0 Å². The van der Waals surface area contributed by atoms with Gasteiger partial charge in [0, 0.05) is 39.4 Å². The van der Waals surface area contributed by atoms with Gasteiger partial charge < -0.3 is 19.9 Å². The molecule has 8 nitrogen and oxygen atoms in total. The Bertz CT molecular complexity index is 692. The van der Waals surface area contributed by atoms with Crippen LogP contribution in [0.25, 0.3) is 0 Å². The summed E-state index contributed by atoms with van der Waals surface area (Å²) >= 11 is 0. The Morgan fingerprint density at radius 3 is 2.57 bits per heavy atom. The van der Waals surface area contributed by atoms with E-state index in [0.29, 0.717) is 55.7 Å². The molecule has 2 aliphatic heterocycles. The lowest BCUT2D eigenvalue weighted by molar-refractivity contribution is -0.133. The number of ether oxygens (including phenoxy) is 1. The molecule has 0 spiro atoms. The second-order valence-electron chi connectivity index (χ2n) is 8.18. The van der Waals surface area contributed by atoms with E-state index in [1.807, 2.05) is 4.90 Å². The van der Waals surface area contributed by atoms with Gasteiger partial charge in [-0.2, -0.15) is 0 Å². The summed E-state index contributed by atoms with van der Waals surface area (Å²) in [4.78, 5) is 29.3. The SMILES string of the molecule is COCCC1(C(N)=O)CCCN(C2CCN(C(=O)c3c(C)noc3C)CC2)C1. The summed E-state index contributed by atoms with van der Waals surface area (Å²) in [5.74, 6) is 0.352. The topological polar surface area (TPSA) is 102 Å². The lowest BCUT2D eigenvalue weighted by atomic mass is 9.76. The predicted molar refractivity (Wildman–Crippen MR) is 104 cm³/mol. The van der Waals surface area contributed by atoms with E-state index in [1.165, 1.54) is 0 Å². The van der Waals surface area contributed by atoms with E-state index in [2.05, 4.69) is 10.1 Å². The fourth-order valence-corrected chi connectivity index (χ4v) is 4.69. The maximum absolute atomic E-state index is 12.8. The molecule has 2 aliphatic rings. The molecular weight excluding hydrogens is 360 g/mol. The van der Waals surface area contributed by atoms with E-state index < -0.39 is 5.41 Å². The lowest BCUT2D eigenvalue weighted by Gasteiger charge is -2.46. The second kappa shape index (κ2) is 8.61. The van der Waals surface area contributed by atoms with Crippen molar-refractivity contribution in [2.45, 2.75) is 52.0 Å². The van der Waals surface area contributed by atoms with Crippen molar-refractivity contribution >= 4 is 11.8 Å². The third-order valence-corrected chi connectivity index (χ3v) is 6.43. The molecule has 0 aromatic carbocycles.